The molecule has 0 saturated carbocycles. The highest BCUT2D eigenvalue weighted by molar-refractivity contribution is 7.96. The van der Waals surface area contributed by atoms with E-state index in [2.05, 4.69) is 12.6 Å². The normalized spacial score (nSPS) is 9.81. The summed E-state index contributed by atoms with van der Waals surface area (Å²) in [6.45, 7) is 1.88. The fourth-order valence-electron chi connectivity index (χ4n) is 1.51. The Morgan fingerprint density at radius 3 is 2.38 bits per heavy atom. The zero-order chi connectivity index (χ0) is 12.3. The standard InChI is InChI=1S/C11H15NO3S/c1-7-5-8(14-3)6-9(15-4)10(7)12(2)11(13)16/h5-6H,1-4H3,(H,13,16). The molecule has 1 rings (SSSR count). The number of methoxy groups -OCH3 is 2. The third-order valence-corrected chi connectivity index (χ3v) is 2.62. The number of aryl methyl sites for hydroxylation is 1. The van der Waals surface area contributed by atoms with Crippen LogP contribution in [0.25, 0.3) is 0 Å². The van der Waals surface area contributed by atoms with Crippen LogP contribution in [0.4, 0.5) is 10.5 Å². The van der Waals surface area contributed by atoms with E-state index in [4.69, 9.17) is 9.47 Å². The minimum atomic E-state index is -0.341. The van der Waals surface area contributed by atoms with Gasteiger partial charge in [-0.05, 0) is 18.6 Å². The molecule has 0 radical (unpaired) electrons. The van der Waals surface area contributed by atoms with Gasteiger partial charge in [-0.3, -0.25) is 4.79 Å². The lowest BCUT2D eigenvalue weighted by molar-refractivity contribution is 0.266. The van der Waals surface area contributed by atoms with E-state index in [0.717, 1.165) is 5.56 Å². The Labute approximate surface area is 101 Å². The van der Waals surface area contributed by atoms with Crippen LogP contribution in [-0.2, 0) is 0 Å². The van der Waals surface area contributed by atoms with Crippen molar-refractivity contribution in [2.75, 3.05) is 26.2 Å². The van der Waals surface area contributed by atoms with Crippen molar-refractivity contribution < 1.29 is 14.3 Å². The summed E-state index contributed by atoms with van der Waals surface area (Å²) in [6, 6.07) is 3.57. The Kier molecular flexibility index (Phi) is 4.06. The number of anilines is 1. The quantitative estimate of drug-likeness (QED) is 0.826. The molecule has 0 aromatic heterocycles. The Bertz CT molecular complexity index is 406. The predicted octanol–water partition coefficient (Wildman–Crippen LogP) is 2.50. The minimum Gasteiger partial charge on any atom is -0.497 e. The first-order valence-electron chi connectivity index (χ1n) is 4.70. The summed E-state index contributed by atoms with van der Waals surface area (Å²) in [5.74, 6) is 1.28. The minimum absolute atomic E-state index is 0.341. The van der Waals surface area contributed by atoms with E-state index in [1.807, 2.05) is 13.0 Å². The summed E-state index contributed by atoms with van der Waals surface area (Å²) in [4.78, 5) is 12.6. The average Bonchev–Trinajstić information content (AvgIpc) is 2.26. The first-order valence-corrected chi connectivity index (χ1v) is 5.15. The molecule has 0 aliphatic heterocycles. The number of hydrogen-bond donors (Lipinski definition) is 1. The lowest BCUT2D eigenvalue weighted by Gasteiger charge is -2.20. The van der Waals surface area contributed by atoms with Gasteiger partial charge in [0.2, 0.25) is 0 Å². The van der Waals surface area contributed by atoms with Crippen molar-refractivity contribution in [2.45, 2.75) is 6.92 Å². The topological polar surface area (TPSA) is 38.8 Å². The molecule has 0 spiro atoms. The highest BCUT2D eigenvalue weighted by atomic mass is 32.1. The maximum absolute atomic E-state index is 11.2. The predicted molar refractivity (Wildman–Crippen MR) is 67.1 cm³/mol. The van der Waals surface area contributed by atoms with E-state index < -0.39 is 0 Å². The van der Waals surface area contributed by atoms with Crippen LogP contribution in [0.5, 0.6) is 11.5 Å². The zero-order valence-electron chi connectivity index (χ0n) is 9.77. The average molecular weight is 241 g/mol. The number of benzene rings is 1. The van der Waals surface area contributed by atoms with E-state index in [1.165, 1.54) is 4.90 Å². The molecule has 1 aromatic rings. The van der Waals surface area contributed by atoms with Gasteiger partial charge in [0.1, 0.15) is 11.5 Å². The molecule has 1 amide bonds. The van der Waals surface area contributed by atoms with Gasteiger partial charge in [-0.25, -0.2) is 0 Å². The number of carbonyl (C=O) groups excluding carboxylic acids is 1. The van der Waals surface area contributed by atoms with E-state index >= 15 is 0 Å². The van der Waals surface area contributed by atoms with Gasteiger partial charge in [0, 0.05) is 13.1 Å². The molecule has 0 fully saturated rings. The molecule has 0 aliphatic carbocycles. The highest BCUT2D eigenvalue weighted by Gasteiger charge is 2.16. The van der Waals surface area contributed by atoms with Crippen molar-refractivity contribution in [3.8, 4) is 11.5 Å². The molecule has 0 N–H and O–H groups in total. The van der Waals surface area contributed by atoms with Crippen molar-refractivity contribution in [3.05, 3.63) is 17.7 Å². The van der Waals surface area contributed by atoms with Crippen LogP contribution in [0.3, 0.4) is 0 Å². The SMILES string of the molecule is COc1cc(C)c(N(C)C(=O)S)c(OC)c1. The molecule has 88 valence electrons. The van der Waals surface area contributed by atoms with E-state index in [-0.39, 0.29) is 5.24 Å². The summed E-state index contributed by atoms with van der Waals surface area (Å²) >= 11 is 3.79. The third kappa shape index (κ3) is 2.41. The van der Waals surface area contributed by atoms with Crippen molar-refractivity contribution in [2.24, 2.45) is 0 Å². The molecule has 0 saturated heterocycles. The van der Waals surface area contributed by atoms with Gasteiger partial charge in [0.25, 0.3) is 5.24 Å². The summed E-state index contributed by atoms with van der Waals surface area (Å²) in [7, 11) is 4.78. The first kappa shape index (κ1) is 12.7. The summed E-state index contributed by atoms with van der Waals surface area (Å²) in [6.07, 6.45) is 0. The molecular formula is C11H15NO3S. The summed E-state index contributed by atoms with van der Waals surface area (Å²) in [5.41, 5.74) is 1.59. The Morgan fingerprint density at radius 1 is 1.31 bits per heavy atom. The number of ether oxygens (including phenoxy) is 2. The molecule has 1 aromatic carbocycles. The number of amides is 1. The van der Waals surface area contributed by atoms with Crippen LogP contribution in [0.15, 0.2) is 12.1 Å². The molecule has 5 heteroatoms. The Hall–Kier alpha value is -1.36. The van der Waals surface area contributed by atoms with Crippen molar-refractivity contribution >= 4 is 23.6 Å². The smallest absolute Gasteiger partial charge is 0.282 e. The molecule has 0 bridgehead atoms. The fraction of sp³-hybridized carbons (Fsp3) is 0.364. The van der Waals surface area contributed by atoms with Crippen LogP contribution in [-0.4, -0.2) is 26.5 Å². The number of hydrogen-bond acceptors (Lipinski definition) is 3. The van der Waals surface area contributed by atoms with Gasteiger partial charge >= 0.3 is 0 Å². The summed E-state index contributed by atoms with van der Waals surface area (Å²) < 4.78 is 10.4. The lowest BCUT2D eigenvalue weighted by atomic mass is 10.1. The lowest BCUT2D eigenvalue weighted by Crippen LogP contribution is -2.21. The monoisotopic (exact) mass is 241 g/mol. The fourth-order valence-corrected chi connectivity index (χ4v) is 1.61. The second-order valence-corrected chi connectivity index (χ2v) is 3.72. The number of thiol groups is 1. The third-order valence-electron chi connectivity index (χ3n) is 2.32. The van der Waals surface area contributed by atoms with Gasteiger partial charge in [-0.1, -0.05) is 12.6 Å². The van der Waals surface area contributed by atoms with Gasteiger partial charge in [-0.15, -0.1) is 0 Å². The van der Waals surface area contributed by atoms with Gasteiger partial charge < -0.3 is 14.4 Å². The van der Waals surface area contributed by atoms with Crippen LogP contribution in [0.2, 0.25) is 0 Å². The van der Waals surface area contributed by atoms with Crippen LogP contribution < -0.4 is 14.4 Å². The van der Waals surface area contributed by atoms with Gasteiger partial charge in [0.05, 0.1) is 19.9 Å². The van der Waals surface area contributed by atoms with E-state index in [0.29, 0.717) is 17.2 Å². The highest BCUT2D eigenvalue weighted by Crippen LogP contribution is 2.35. The van der Waals surface area contributed by atoms with Gasteiger partial charge in [0.15, 0.2) is 0 Å². The number of carbonyl (C=O) groups is 1. The molecular weight excluding hydrogens is 226 g/mol. The van der Waals surface area contributed by atoms with Crippen molar-refractivity contribution in [1.82, 2.24) is 0 Å². The van der Waals surface area contributed by atoms with E-state index in [9.17, 15) is 4.79 Å². The second kappa shape index (κ2) is 5.12. The summed E-state index contributed by atoms with van der Waals surface area (Å²) in [5, 5.41) is -0.341. The number of rotatable bonds is 3. The first-order chi connectivity index (χ1) is 7.51. The van der Waals surface area contributed by atoms with Crippen LogP contribution in [0, 0.1) is 6.92 Å². The van der Waals surface area contributed by atoms with Crippen molar-refractivity contribution in [3.63, 3.8) is 0 Å². The number of nitrogens with zero attached hydrogens (tertiary/aromatic N) is 1. The zero-order valence-corrected chi connectivity index (χ0v) is 10.7. The van der Waals surface area contributed by atoms with Crippen LogP contribution in [0.1, 0.15) is 5.56 Å². The largest absolute Gasteiger partial charge is 0.497 e. The maximum atomic E-state index is 11.2. The second-order valence-electron chi connectivity index (χ2n) is 3.34. The Balaban J connectivity index is 3.31. The van der Waals surface area contributed by atoms with Crippen molar-refractivity contribution in [1.29, 1.82) is 0 Å². The van der Waals surface area contributed by atoms with Crippen LogP contribution >= 0.6 is 12.6 Å². The molecule has 16 heavy (non-hydrogen) atoms. The molecule has 0 heterocycles. The molecule has 0 unspecified atom stereocenters. The molecule has 0 atom stereocenters. The maximum Gasteiger partial charge on any atom is 0.282 e. The Morgan fingerprint density at radius 2 is 1.94 bits per heavy atom. The van der Waals surface area contributed by atoms with Gasteiger partial charge in [-0.2, -0.15) is 0 Å². The van der Waals surface area contributed by atoms with E-state index in [1.54, 1.807) is 27.3 Å². The molecule has 0 aliphatic rings. The molecule has 4 nitrogen and oxygen atoms in total.